The number of pyridine rings is 1. The smallest absolute Gasteiger partial charge is 0.242 e. The lowest BCUT2D eigenvalue weighted by Gasteiger charge is -2.33. The molecule has 5 rings (SSSR count). The molecule has 3 aromatic rings. The first-order chi connectivity index (χ1) is 14.2. The Kier molecular flexibility index (Phi) is 4.64. The lowest BCUT2D eigenvalue weighted by atomic mass is 9.99. The largest absolute Gasteiger partial charge is 0.490 e. The fourth-order valence-corrected chi connectivity index (χ4v) is 4.20. The molecule has 0 spiro atoms. The average Bonchev–Trinajstić information content (AvgIpc) is 3.18. The fourth-order valence-electron chi connectivity index (χ4n) is 4.04. The number of fused-ring (bicyclic) bond motifs is 2. The van der Waals surface area contributed by atoms with Crippen molar-refractivity contribution in [1.82, 2.24) is 14.9 Å². The van der Waals surface area contributed by atoms with Crippen molar-refractivity contribution < 1.29 is 9.53 Å². The third-order valence-electron chi connectivity index (χ3n) is 5.57. The second-order valence-corrected chi connectivity index (χ2v) is 7.74. The Morgan fingerprint density at radius 3 is 3.07 bits per heavy atom. The molecule has 0 saturated carbocycles. The van der Waals surface area contributed by atoms with Gasteiger partial charge < -0.3 is 19.5 Å². The van der Waals surface area contributed by atoms with Crippen molar-refractivity contribution in [1.29, 1.82) is 0 Å². The Morgan fingerprint density at radius 1 is 1.28 bits per heavy atom. The molecule has 1 aromatic carbocycles. The number of amides is 1. The Morgan fingerprint density at radius 2 is 2.21 bits per heavy atom. The quantitative estimate of drug-likeness (QED) is 0.717. The van der Waals surface area contributed by atoms with Gasteiger partial charge in [0, 0.05) is 41.5 Å². The molecule has 29 heavy (non-hydrogen) atoms. The normalized spacial score (nSPS) is 16.4. The van der Waals surface area contributed by atoms with Crippen LogP contribution in [0.3, 0.4) is 0 Å². The molecule has 1 N–H and O–H groups in total. The molecule has 4 heterocycles. The molecule has 0 fully saturated rings. The van der Waals surface area contributed by atoms with Gasteiger partial charge in [-0.25, -0.2) is 4.98 Å². The molecule has 2 aliphatic heterocycles. The minimum absolute atomic E-state index is 0.119. The summed E-state index contributed by atoms with van der Waals surface area (Å²) < 4.78 is 5.68. The van der Waals surface area contributed by atoms with Crippen molar-refractivity contribution >= 4 is 39.8 Å². The molecule has 0 bridgehead atoms. The topological polar surface area (TPSA) is 61.5 Å². The van der Waals surface area contributed by atoms with Crippen molar-refractivity contribution in [2.45, 2.75) is 6.42 Å². The predicted octanol–water partition coefficient (Wildman–Crippen LogP) is 3.73. The van der Waals surface area contributed by atoms with Crippen LogP contribution in [-0.2, 0) is 4.79 Å². The summed E-state index contributed by atoms with van der Waals surface area (Å²) in [4.78, 5) is 24.5. The summed E-state index contributed by atoms with van der Waals surface area (Å²) in [5, 5.41) is 1.77. The van der Waals surface area contributed by atoms with E-state index in [2.05, 4.69) is 27.0 Å². The zero-order valence-corrected chi connectivity index (χ0v) is 16.7. The van der Waals surface area contributed by atoms with Gasteiger partial charge in [0.15, 0.2) is 0 Å². The highest BCUT2D eigenvalue weighted by atomic mass is 35.5. The van der Waals surface area contributed by atoms with Gasteiger partial charge in [0.2, 0.25) is 5.91 Å². The van der Waals surface area contributed by atoms with Crippen LogP contribution in [0.4, 0.5) is 5.69 Å². The van der Waals surface area contributed by atoms with Gasteiger partial charge in [-0.2, -0.15) is 0 Å². The molecular formula is C22H21ClN4O2. The van der Waals surface area contributed by atoms with Gasteiger partial charge in [-0.15, -0.1) is 0 Å². The number of hydrogen-bond donors (Lipinski definition) is 1. The highest BCUT2D eigenvalue weighted by Gasteiger charge is 2.25. The summed E-state index contributed by atoms with van der Waals surface area (Å²) in [6.45, 7) is 2.91. The second-order valence-electron chi connectivity index (χ2n) is 7.30. The van der Waals surface area contributed by atoms with E-state index in [1.807, 2.05) is 35.4 Å². The summed E-state index contributed by atoms with van der Waals surface area (Å²) in [5.74, 6) is 0.899. The predicted molar refractivity (Wildman–Crippen MR) is 114 cm³/mol. The standard InChI is InChI=1S/C22H21ClN4O2/c23-16-3-4-20-19(12-16)27(10-11-29-20)14-21(28)26-8-5-15(6-9-26)18-13-25-22-17(18)2-1-7-24-22/h1-5,7,12-13H,6,8-11,14H2,(H,24,25). The number of nitrogens with zero attached hydrogens (tertiary/aromatic N) is 3. The van der Waals surface area contributed by atoms with Crippen molar-refractivity contribution in [2.75, 3.05) is 37.7 Å². The van der Waals surface area contributed by atoms with E-state index >= 15 is 0 Å². The number of benzene rings is 1. The number of aromatic amines is 1. The van der Waals surface area contributed by atoms with Crippen LogP contribution in [0.5, 0.6) is 5.75 Å². The van der Waals surface area contributed by atoms with Gasteiger partial charge in [-0.1, -0.05) is 17.7 Å². The molecule has 0 atom stereocenters. The first-order valence-corrected chi connectivity index (χ1v) is 10.1. The number of rotatable bonds is 3. The van der Waals surface area contributed by atoms with E-state index in [9.17, 15) is 4.79 Å². The van der Waals surface area contributed by atoms with Gasteiger partial charge in [0.05, 0.1) is 18.8 Å². The van der Waals surface area contributed by atoms with Gasteiger partial charge in [0.1, 0.15) is 18.0 Å². The highest BCUT2D eigenvalue weighted by Crippen LogP contribution is 2.34. The number of hydrogen-bond acceptors (Lipinski definition) is 4. The summed E-state index contributed by atoms with van der Waals surface area (Å²) >= 11 is 6.14. The number of ether oxygens (including phenoxy) is 1. The zero-order valence-electron chi connectivity index (χ0n) is 15.9. The Labute approximate surface area is 173 Å². The van der Waals surface area contributed by atoms with E-state index in [1.165, 1.54) is 11.1 Å². The zero-order chi connectivity index (χ0) is 19.8. The van der Waals surface area contributed by atoms with Gasteiger partial charge >= 0.3 is 0 Å². The molecule has 1 amide bonds. The van der Waals surface area contributed by atoms with Crippen LogP contribution < -0.4 is 9.64 Å². The molecule has 148 valence electrons. The van der Waals surface area contributed by atoms with E-state index in [0.29, 0.717) is 37.8 Å². The van der Waals surface area contributed by atoms with E-state index < -0.39 is 0 Å². The first kappa shape index (κ1) is 18.1. The van der Waals surface area contributed by atoms with Crippen molar-refractivity contribution in [3.05, 3.63) is 59.4 Å². The average molecular weight is 409 g/mol. The molecule has 6 nitrogen and oxygen atoms in total. The summed E-state index contributed by atoms with van der Waals surface area (Å²) in [6, 6.07) is 9.56. The summed E-state index contributed by atoms with van der Waals surface area (Å²) in [5.41, 5.74) is 4.22. The molecular weight excluding hydrogens is 388 g/mol. The number of halogens is 1. The molecule has 7 heteroatoms. The lowest BCUT2D eigenvalue weighted by molar-refractivity contribution is -0.129. The number of aromatic nitrogens is 2. The van der Waals surface area contributed by atoms with Gasteiger partial charge in [-0.05, 0) is 42.3 Å². The van der Waals surface area contributed by atoms with Crippen LogP contribution in [-0.4, -0.2) is 53.6 Å². The molecule has 0 aliphatic carbocycles. The number of nitrogens with one attached hydrogen (secondary N) is 1. The molecule has 0 radical (unpaired) electrons. The third-order valence-corrected chi connectivity index (χ3v) is 5.80. The van der Waals surface area contributed by atoms with E-state index in [0.717, 1.165) is 28.9 Å². The van der Waals surface area contributed by atoms with E-state index in [4.69, 9.17) is 16.3 Å². The van der Waals surface area contributed by atoms with Crippen LogP contribution in [0.1, 0.15) is 12.0 Å². The van der Waals surface area contributed by atoms with Gasteiger partial charge in [0.25, 0.3) is 0 Å². The SMILES string of the molecule is O=C(CN1CCOc2ccc(Cl)cc21)N1CC=C(c2c[nH]c3ncccc23)CC1. The monoisotopic (exact) mass is 408 g/mol. The van der Waals surface area contributed by atoms with Crippen LogP contribution >= 0.6 is 11.6 Å². The van der Waals surface area contributed by atoms with Crippen LogP contribution in [0.2, 0.25) is 5.02 Å². The van der Waals surface area contributed by atoms with E-state index in [1.54, 1.807) is 6.20 Å². The van der Waals surface area contributed by atoms with Crippen LogP contribution in [0.25, 0.3) is 16.6 Å². The van der Waals surface area contributed by atoms with Crippen molar-refractivity contribution in [3.63, 3.8) is 0 Å². The fraction of sp³-hybridized carbons (Fsp3) is 0.273. The van der Waals surface area contributed by atoms with Crippen molar-refractivity contribution in [3.8, 4) is 5.75 Å². The van der Waals surface area contributed by atoms with Crippen LogP contribution in [0, 0.1) is 0 Å². The Bertz CT molecular complexity index is 1110. The molecule has 0 saturated heterocycles. The minimum atomic E-state index is 0.119. The Balaban J connectivity index is 1.29. The van der Waals surface area contributed by atoms with Gasteiger partial charge in [-0.3, -0.25) is 4.79 Å². The molecule has 0 unspecified atom stereocenters. The minimum Gasteiger partial charge on any atom is -0.490 e. The first-order valence-electron chi connectivity index (χ1n) is 9.75. The number of anilines is 1. The maximum absolute atomic E-state index is 12.9. The maximum atomic E-state index is 12.9. The number of carbonyl (C=O) groups is 1. The molecule has 2 aliphatic rings. The summed E-state index contributed by atoms with van der Waals surface area (Å²) in [7, 11) is 0. The summed E-state index contributed by atoms with van der Waals surface area (Å²) in [6.07, 6.45) is 6.78. The Hall–Kier alpha value is -2.99. The van der Waals surface area contributed by atoms with E-state index in [-0.39, 0.29) is 5.91 Å². The molecule has 2 aromatic heterocycles. The third kappa shape index (κ3) is 3.44. The maximum Gasteiger partial charge on any atom is 0.242 e. The van der Waals surface area contributed by atoms with Crippen molar-refractivity contribution in [2.24, 2.45) is 0 Å². The number of carbonyl (C=O) groups excluding carboxylic acids is 1. The highest BCUT2D eigenvalue weighted by molar-refractivity contribution is 6.31. The van der Waals surface area contributed by atoms with Crippen LogP contribution in [0.15, 0.2) is 48.8 Å². The number of H-pyrrole nitrogens is 1. The lowest BCUT2D eigenvalue weighted by Crippen LogP contribution is -2.44. The second kappa shape index (κ2) is 7.44.